The zero-order valence-electron chi connectivity index (χ0n) is 15.4. The number of ether oxygens (including phenoxy) is 2. The van der Waals surface area contributed by atoms with E-state index in [4.69, 9.17) is 9.47 Å². The van der Waals surface area contributed by atoms with Gasteiger partial charge in [0, 0.05) is 18.1 Å². The standard InChI is InChI=1S/C21H22O6/c1-21(2)11-15(24)19-17(27-21)10-16(26-3)18(20(19)25)14(23)9-6-12-4-7-13(22)8-5-12/h4-10,15,22,24-25H,11H2,1-3H3/p-1/b9-6+. The van der Waals surface area contributed by atoms with E-state index >= 15 is 0 Å². The SMILES string of the molecule is COc1cc2c(c([O-])c1C(=O)/C=C/c1ccc(O)cc1)C(O)CC(C)(C)O2. The fraction of sp³-hybridized carbons (Fsp3) is 0.286. The van der Waals surface area contributed by atoms with Gasteiger partial charge in [-0.2, -0.15) is 0 Å². The molecule has 142 valence electrons. The largest absolute Gasteiger partial charge is 0.872 e. The van der Waals surface area contributed by atoms with Crippen molar-refractivity contribution in [1.29, 1.82) is 0 Å². The lowest BCUT2D eigenvalue weighted by Gasteiger charge is -2.38. The van der Waals surface area contributed by atoms with Crippen LogP contribution >= 0.6 is 0 Å². The topological polar surface area (TPSA) is 99.1 Å². The fourth-order valence-electron chi connectivity index (χ4n) is 3.17. The van der Waals surface area contributed by atoms with Gasteiger partial charge in [0.1, 0.15) is 22.8 Å². The molecular weight excluding hydrogens is 348 g/mol. The Hall–Kier alpha value is -2.99. The Labute approximate surface area is 157 Å². The number of methoxy groups -OCH3 is 1. The van der Waals surface area contributed by atoms with Crippen LogP contribution in [0.3, 0.4) is 0 Å². The maximum absolute atomic E-state index is 12.9. The molecule has 1 aliphatic heterocycles. The van der Waals surface area contributed by atoms with Gasteiger partial charge in [0.2, 0.25) is 0 Å². The van der Waals surface area contributed by atoms with Crippen LogP contribution in [0.1, 0.15) is 47.9 Å². The first-order valence-electron chi connectivity index (χ1n) is 8.52. The van der Waals surface area contributed by atoms with Crippen LogP contribution in [0.15, 0.2) is 36.4 Å². The van der Waals surface area contributed by atoms with Crippen molar-refractivity contribution in [3.05, 3.63) is 53.1 Å². The molecule has 0 radical (unpaired) electrons. The van der Waals surface area contributed by atoms with E-state index in [1.165, 1.54) is 37.5 Å². The highest BCUT2D eigenvalue weighted by atomic mass is 16.5. The third-order valence-corrected chi connectivity index (χ3v) is 4.44. The lowest BCUT2D eigenvalue weighted by atomic mass is 9.89. The van der Waals surface area contributed by atoms with Crippen molar-refractivity contribution in [2.45, 2.75) is 32.0 Å². The van der Waals surface area contributed by atoms with Gasteiger partial charge in [0.25, 0.3) is 0 Å². The van der Waals surface area contributed by atoms with Gasteiger partial charge < -0.3 is 24.8 Å². The van der Waals surface area contributed by atoms with Crippen LogP contribution in [0.4, 0.5) is 0 Å². The number of allylic oxidation sites excluding steroid dienone is 1. The maximum Gasteiger partial charge on any atom is 0.188 e. The number of carbonyl (C=O) groups excluding carboxylic acids is 1. The molecule has 2 aromatic rings. The molecule has 0 spiro atoms. The molecule has 0 amide bonds. The molecule has 0 saturated heterocycles. The van der Waals surface area contributed by atoms with Crippen molar-refractivity contribution in [3.63, 3.8) is 0 Å². The summed E-state index contributed by atoms with van der Waals surface area (Å²) in [5.41, 5.74) is -0.00506. The molecule has 0 bridgehead atoms. The lowest BCUT2D eigenvalue weighted by Crippen LogP contribution is -2.35. The minimum absolute atomic E-state index is 0.0801. The Morgan fingerprint density at radius 3 is 2.63 bits per heavy atom. The van der Waals surface area contributed by atoms with E-state index < -0.39 is 23.2 Å². The van der Waals surface area contributed by atoms with Gasteiger partial charge in [-0.1, -0.05) is 24.0 Å². The van der Waals surface area contributed by atoms with Crippen molar-refractivity contribution in [3.8, 4) is 23.0 Å². The highest BCUT2D eigenvalue weighted by molar-refractivity contribution is 6.11. The monoisotopic (exact) mass is 369 g/mol. The van der Waals surface area contributed by atoms with Crippen LogP contribution in [0.2, 0.25) is 0 Å². The Morgan fingerprint density at radius 1 is 1.33 bits per heavy atom. The van der Waals surface area contributed by atoms with Crippen molar-refractivity contribution in [2.75, 3.05) is 7.11 Å². The van der Waals surface area contributed by atoms with Crippen molar-refractivity contribution in [2.24, 2.45) is 0 Å². The summed E-state index contributed by atoms with van der Waals surface area (Å²) in [4.78, 5) is 12.7. The number of fused-ring (bicyclic) bond motifs is 1. The number of carbonyl (C=O) groups is 1. The second kappa shape index (κ2) is 6.96. The quantitative estimate of drug-likeness (QED) is 0.635. The molecule has 0 aliphatic carbocycles. The molecule has 1 aliphatic rings. The molecule has 3 rings (SSSR count). The first-order chi connectivity index (χ1) is 12.7. The third-order valence-electron chi connectivity index (χ3n) is 4.44. The Morgan fingerprint density at radius 2 is 2.00 bits per heavy atom. The van der Waals surface area contributed by atoms with Gasteiger partial charge >= 0.3 is 0 Å². The van der Waals surface area contributed by atoms with Crippen molar-refractivity contribution in [1.82, 2.24) is 0 Å². The van der Waals surface area contributed by atoms with Gasteiger partial charge in [-0.05, 0) is 37.6 Å². The number of aromatic hydroxyl groups is 1. The van der Waals surface area contributed by atoms with Crippen molar-refractivity contribution < 1.29 is 29.6 Å². The summed E-state index contributed by atoms with van der Waals surface area (Å²) >= 11 is 0. The number of phenolic OH excluding ortho intramolecular Hbond substituents is 1. The molecule has 1 atom stereocenters. The van der Waals surface area contributed by atoms with Gasteiger partial charge in [-0.25, -0.2) is 0 Å². The highest BCUT2D eigenvalue weighted by Gasteiger charge is 2.35. The molecule has 6 heteroatoms. The van der Waals surface area contributed by atoms with Gasteiger partial charge in [0.05, 0.1) is 18.8 Å². The van der Waals surface area contributed by atoms with Crippen molar-refractivity contribution >= 4 is 11.9 Å². The number of aliphatic hydroxyl groups excluding tert-OH is 1. The fourth-order valence-corrected chi connectivity index (χ4v) is 3.17. The summed E-state index contributed by atoms with van der Waals surface area (Å²) in [5, 5.41) is 32.6. The summed E-state index contributed by atoms with van der Waals surface area (Å²) in [6.07, 6.45) is 2.03. The number of benzene rings is 2. The summed E-state index contributed by atoms with van der Waals surface area (Å²) in [6, 6.07) is 7.75. The van der Waals surface area contributed by atoms with E-state index in [1.54, 1.807) is 12.1 Å². The number of aliphatic hydroxyl groups is 1. The van der Waals surface area contributed by atoms with E-state index in [-0.39, 0.29) is 34.8 Å². The second-order valence-corrected chi connectivity index (χ2v) is 7.07. The number of ketones is 1. The number of hydrogen-bond donors (Lipinski definition) is 2. The molecular formula is C21H21O6-. The second-order valence-electron chi connectivity index (χ2n) is 7.07. The molecule has 0 aromatic heterocycles. The van der Waals surface area contributed by atoms with Crippen LogP contribution in [0, 0.1) is 0 Å². The lowest BCUT2D eigenvalue weighted by molar-refractivity contribution is -0.271. The predicted octanol–water partition coefficient (Wildman–Crippen LogP) is 2.97. The summed E-state index contributed by atoms with van der Waals surface area (Å²) in [7, 11) is 1.37. The Kier molecular flexibility index (Phi) is 4.85. The molecule has 1 heterocycles. The van der Waals surface area contributed by atoms with E-state index in [2.05, 4.69) is 0 Å². The van der Waals surface area contributed by atoms with Crippen LogP contribution in [0.25, 0.3) is 6.08 Å². The molecule has 0 saturated carbocycles. The van der Waals surface area contributed by atoms with Gasteiger partial charge in [-0.3, -0.25) is 4.79 Å². The average Bonchev–Trinajstić information content (AvgIpc) is 2.59. The van der Waals surface area contributed by atoms with Crippen LogP contribution in [-0.2, 0) is 0 Å². The predicted molar refractivity (Wildman–Crippen MR) is 98.2 cm³/mol. The maximum atomic E-state index is 12.9. The normalized spacial score (nSPS) is 18.0. The molecule has 27 heavy (non-hydrogen) atoms. The van der Waals surface area contributed by atoms with Crippen LogP contribution in [0.5, 0.6) is 23.0 Å². The first kappa shape index (κ1) is 18.8. The third kappa shape index (κ3) is 3.75. The van der Waals surface area contributed by atoms with Gasteiger partial charge in [0.15, 0.2) is 5.78 Å². The molecule has 1 unspecified atom stereocenters. The van der Waals surface area contributed by atoms with E-state index in [0.717, 1.165) is 0 Å². The van der Waals surface area contributed by atoms with E-state index in [1.807, 2.05) is 13.8 Å². The molecule has 6 nitrogen and oxygen atoms in total. The zero-order chi connectivity index (χ0) is 19.8. The number of rotatable bonds is 4. The summed E-state index contributed by atoms with van der Waals surface area (Å²) in [6.45, 7) is 3.63. The number of hydrogen-bond acceptors (Lipinski definition) is 6. The Bertz CT molecular complexity index is 896. The minimum Gasteiger partial charge on any atom is -0.872 e. The van der Waals surface area contributed by atoms with Gasteiger partial charge in [-0.15, -0.1) is 0 Å². The zero-order valence-corrected chi connectivity index (χ0v) is 15.4. The summed E-state index contributed by atoms with van der Waals surface area (Å²) in [5.74, 6) is -0.672. The first-order valence-corrected chi connectivity index (χ1v) is 8.52. The summed E-state index contributed by atoms with van der Waals surface area (Å²) < 4.78 is 11.0. The van der Waals surface area contributed by atoms with E-state index in [0.29, 0.717) is 5.56 Å². The van der Waals surface area contributed by atoms with Crippen LogP contribution < -0.4 is 14.6 Å². The number of phenols is 1. The van der Waals surface area contributed by atoms with E-state index in [9.17, 15) is 20.1 Å². The Balaban J connectivity index is 2.01. The highest BCUT2D eigenvalue weighted by Crippen LogP contribution is 2.47. The van der Waals surface area contributed by atoms with Crippen LogP contribution in [-0.4, -0.2) is 28.7 Å². The molecule has 0 fully saturated rings. The molecule has 2 aromatic carbocycles. The average molecular weight is 369 g/mol. The minimum atomic E-state index is -1.02. The smallest absolute Gasteiger partial charge is 0.188 e. The molecule has 2 N–H and O–H groups in total.